The van der Waals surface area contributed by atoms with Gasteiger partial charge in [0.05, 0.1) is 5.69 Å². The molecule has 2 aromatic carbocycles. The number of nitrogens with one attached hydrogen (secondary N) is 1. The van der Waals surface area contributed by atoms with Crippen LogP contribution in [0.2, 0.25) is 0 Å². The van der Waals surface area contributed by atoms with E-state index < -0.39 is 0 Å². The van der Waals surface area contributed by atoms with Crippen molar-refractivity contribution in [3.8, 4) is 0 Å². The molecule has 3 aromatic rings. The smallest absolute Gasteiger partial charge is 0.251 e. The zero-order valence-electron chi connectivity index (χ0n) is 15.2. The van der Waals surface area contributed by atoms with Crippen molar-refractivity contribution in [1.82, 2.24) is 10.3 Å². The van der Waals surface area contributed by atoms with Crippen LogP contribution in [0, 0.1) is 6.92 Å². The van der Waals surface area contributed by atoms with Crippen LogP contribution >= 0.6 is 11.8 Å². The number of hydrogen-bond donors (Lipinski definition) is 1. The zero-order valence-corrected chi connectivity index (χ0v) is 16.0. The van der Waals surface area contributed by atoms with Crippen molar-refractivity contribution in [2.75, 3.05) is 0 Å². The van der Waals surface area contributed by atoms with Crippen molar-refractivity contribution < 1.29 is 4.79 Å². The number of rotatable bonds is 3. The second-order valence-electron chi connectivity index (χ2n) is 6.53. The van der Waals surface area contributed by atoms with E-state index in [9.17, 15) is 4.79 Å². The van der Waals surface area contributed by atoms with Crippen LogP contribution in [0.5, 0.6) is 0 Å². The maximum absolute atomic E-state index is 12.5. The average molecular weight is 373 g/mol. The number of carbonyl (C=O) groups excluding carboxylic acids is 1. The number of aromatic nitrogens is 1. The zero-order chi connectivity index (χ0) is 18.8. The van der Waals surface area contributed by atoms with Gasteiger partial charge in [-0.2, -0.15) is 0 Å². The van der Waals surface area contributed by atoms with E-state index in [0.717, 1.165) is 27.4 Å². The third-order valence-corrected chi connectivity index (χ3v) is 5.57. The fourth-order valence-corrected chi connectivity index (χ4v) is 4.03. The van der Waals surface area contributed by atoms with Gasteiger partial charge in [0.2, 0.25) is 0 Å². The van der Waals surface area contributed by atoms with Gasteiger partial charge in [-0.05, 0) is 55.8 Å². The fraction of sp³-hybridized carbons (Fsp3) is 0.136. The molecule has 27 heavy (non-hydrogen) atoms. The molecule has 4 rings (SSSR count). The molecule has 0 saturated carbocycles. The minimum atomic E-state index is -0.114. The minimum Gasteiger partial charge on any atom is -0.348 e. The summed E-state index contributed by atoms with van der Waals surface area (Å²) in [5, 5.41) is 2.94. The Balaban J connectivity index is 1.59. The first-order valence-corrected chi connectivity index (χ1v) is 9.57. The molecule has 2 heterocycles. The van der Waals surface area contributed by atoms with Crippen molar-refractivity contribution in [2.24, 2.45) is 4.99 Å². The number of aryl methyl sites for hydroxylation is 1. The van der Waals surface area contributed by atoms with Gasteiger partial charge < -0.3 is 5.32 Å². The predicted molar refractivity (Wildman–Crippen MR) is 109 cm³/mol. The second kappa shape index (κ2) is 7.37. The third-order valence-electron chi connectivity index (χ3n) is 4.43. The fourth-order valence-electron chi connectivity index (χ4n) is 2.99. The highest BCUT2D eigenvalue weighted by Crippen LogP contribution is 2.40. The van der Waals surface area contributed by atoms with Gasteiger partial charge in [-0.3, -0.25) is 14.8 Å². The molecule has 1 amide bonds. The molecule has 0 fully saturated rings. The van der Waals surface area contributed by atoms with Crippen LogP contribution in [0.25, 0.3) is 0 Å². The van der Waals surface area contributed by atoms with E-state index in [2.05, 4.69) is 35.4 Å². The van der Waals surface area contributed by atoms with Gasteiger partial charge in [0.1, 0.15) is 0 Å². The first-order chi connectivity index (χ1) is 13.1. The normalized spacial score (nSPS) is 12.4. The lowest BCUT2D eigenvalue weighted by Crippen LogP contribution is -2.22. The van der Waals surface area contributed by atoms with Gasteiger partial charge >= 0.3 is 0 Å². The summed E-state index contributed by atoms with van der Waals surface area (Å²) in [7, 11) is 0. The molecule has 0 spiro atoms. The number of amides is 1. The summed E-state index contributed by atoms with van der Waals surface area (Å²) >= 11 is 1.69. The lowest BCUT2D eigenvalue weighted by molar-refractivity contribution is 0.0951. The van der Waals surface area contributed by atoms with Crippen LogP contribution in [-0.2, 0) is 6.54 Å². The van der Waals surface area contributed by atoms with E-state index in [-0.39, 0.29) is 5.91 Å². The molecule has 0 radical (unpaired) electrons. The number of aliphatic imine (C=N–C) groups is 1. The molecule has 1 aliphatic rings. The summed E-state index contributed by atoms with van der Waals surface area (Å²) in [4.78, 5) is 23.6. The topological polar surface area (TPSA) is 54.4 Å². The van der Waals surface area contributed by atoms with Gasteiger partial charge in [-0.25, -0.2) is 0 Å². The lowest BCUT2D eigenvalue weighted by atomic mass is 10.1. The van der Waals surface area contributed by atoms with Gasteiger partial charge in [-0.1, -0.05) is 29.5 Å². The molecule has 0 atom stereocenters. The first kappa shape index (κ1) is 17.5. The lowest BCUT2D eigenvalue weighted by Gasteiger charge is -2.08. The monoisotopic (exact) mass is 373 g/mol. The summed E-state index contributed by atoms with van der Waals surface area (Å²) in [6, 6.07) is 15.9. The summed E-state index contributed by atoms with van der Waals surface area (Å²) in [5.41, 5.74) is 5.74. The summed E-state index contributed by atoms with van der Waals surface area (Å²) in [6.07, 6.45) is 3.47. The SMILES string of the molecule is CC1=Nc2cc(C(=O)NCc3cccnc3)ccc2Sc2ccc(C)cc21. The van der Waals surface area contributed by atoms with E-state index in [1.54, 1.807) is 24.2 Å². The maximum Gasteiger partial charge on any atom is 0.251 e. The number of benzene rings is 2. The average Bonchev–Trinajstić information content (AvgIpc) is 2.82. The van der Waals surface area contributed by atoms with Crippen LogP contribution in [0.1, 0.15) is 34.0 Å². The highest BCUT2D eigenvalue weighted by molar-refractivity contribution is 7.99. The molecule has 4 nitrogen and oxygen atoms in total. The second-order valence-corrected chi connectivity index (χ2v) is 7.61. The molecule has 0 bridgehead atoms. The van der Waals surface area contributed by atoms with Crippen LogP contribution in [0.15, 0.2) is 75.7 Å². The summed E-state index contributed by atoms with van der Waals surface area (Å²) in [6.45, 7) is 4.55. The molecule has 0 aliphatic carbocycles. The number of hydrogen-bond acceptors (Lipinski definition) is 4. The Kier molecular flexibility index (Phi) is 4.77. The Morgan fingerprint density at radius 3 is 2.74 bits per heavy atom. The van der Waals surface area contributed by atoms with Crippen molar-refractivity contribution in [3.63, 3.8) is 0 Å². The molecule has 0 saturated heterocycles. The maximum atomic E-state index is 12.5. The molecule has 1 aromatic heterocycles. The van der Waals surface area contributed by atoms with Crippen molar-refractivity contribution in [2.45, 2.75) is 30.2 Å². The number of carbonyl (C=O) groups is 1. The van der Waals surface area contributed by atoms with E-state index in [4.69, 9.17) is 4.99 Å². The summed E-state index contributed by atoms with van der Waals surface area (Å²) < 4.78 is 0. The molecular weight excluding hydrogens is 354 g/mol. The van der Waals surface area contributed by atoms with E-state index in [1.807, 2.05) is 37.3 Å². The Hall–Kier alpha value is -2.92. The Bertz CT molecular complexity index is 1040. The number of pyridine rings is 1. The van der Waals surface area contributed by atoms with Crippen molar-refractivity contribution in [3.05, 3.63) is 83.2 Å². The van der Waals surface area contributed by atoms with Crippen molar-refractivity contribution in [1.29, 1.82) is 0 Å². The molecule has 134 valence electrons. The van der Waals surface area contributed by atoms with Gasteiger partial charge in [0, 0.05) is 45.6 Å². The Morgan fingerprint density at radius 2 is 1.93 bits per heavy atom. The van der Waals surface area contributed by atoms with Crippen LogP contribution in [0.3, 0.4) is 0 Å². The van der Waals surface area contributed by atoms with E-state index in [1.165, 1.54) is 10.5 Å². The largest absolute Gasteiger partial charge is 0.348 e. The molecular formula is C22H19N3OS. The predicted octanol–water partition coefficient (Wildman–Crippen LogP) is 4.93. The highest BCUT2D eigenvalue weighted by Gasteiger charge is 2.17. The standard InChI is InChI=1S/C22H19N3OS/c1-14-5-7-20-18(10-14)15(2)25-19-11-17(6-8-21(19)27-20)22(26)24-13-16-4-3-9-23-12-16/h3-12H,13H2,1-2H3,(H,24,26). The first-order valence-electron chi connectivity index (χ1n) is 8.75. The van der Waals surface area contributed by atoms with E-state index in [0.29, 0.717) is 12.1 Å². The van der Waals surface area contributed by atoms with Crippen LogP contribution < -0.4 is 5.32 Å². The van der Waals surface area contributed by atoms with Gasteiger partial charge in [0.15, 0.2) is 0 Å². The van der Waals surface area contributed by atoms with Gasteiger partial charge in [0.25, 0.3) is 5.91 Å². The van der Waals surface area contributed by atoms with Crippen molar-refractivity contribution >= 4 is 29.1 Å². The van der Waals surface area contributed by atoms with E-state index >= 15 is 0 Å². The van der Waals surface area contributed by atoms with Crippen LogP contribution in [-0.4, -0.2) is 16.6 Å². The molecule has 5 heteroatoms. The van der Waals surface area contributed by atoms with Crippen LogP contribution in [0.4, 0.5) is 5.69 Å². The quantitative estimate of drug-likeness (QED) is 0.708. The summed E-state index contributed by atoms with van der Waals surface area (Å²) in [5.74, 6) is -0.114. The molecule has 0 unspecified atom stereocenters. The minimum absolute atomic E-state index is 0.114. The van der Waals surface area contributed by atoms with Gasteiger partial charge in [-0.15, -0.1) is 0 Å². The highest BCUT2D eigenvalue weighted by atomic mass is 32.2. The molecule has 1 N–H and O–H groups in total. The third kappa shape index (κ3) is 3.78. The number of fused-ring (bicyclic) bond motifs is 2. The molecule has 1 aliphatic heterocycles. The Labute approximate surface area is 162 Å². The Morgan fingerprint density at radius 1 is 1.07 bits per heavy atom. The number of nitrogens with zero attached hydrogens (tertiary/aromatic N) is 2.